The minimum atomic E-state index is 0.379. The number of nitrogens with one attached hydrogen (secondary N) is 1. The summed E-state index contributed by atoms with van der Waals surface area (Å²) >= 11 is 0. The molecule has 0 amide bonds. The first-order valence-electron chi connectivity index (χ1n) is 7.31. The molecule has 5 heteroatoms. The molecule has 0 radical (unpaired) electrons. The standard InChI is InChI=1S/C15H21N5/c1-11(2)16-10-15-17-18-19-20(15)14-8-7-12-5-3-4-6-13(12)9-14/h3-6,11,14,16H,7-10H2,1-2H3. The van der Waals surface area contributed by atoms with E-state index in [1.165, 1.54) is 11.1 Å². The third-order valence-electron chi connectivity index (χ3n) is 3.90. The van der Waals surface area contributed by atoms with Crippen LogP contribution in [0.15, 0.2) is 24.3 Å². The average Bonchev–Trinajstić information content (AvgIpc) is 2.93. The average molecular weight is 271 g/mol. The molecule has 0 saturated heterocycles. The molecule has 0 spiro atoms. The first kappa shape index (κ1) is 13.2. The predicted molar refractivity (Wildman–Crippen MR) is 77.3 cm³/mol. The number of fused-ring (bicyclic) bond motifs is 1. The molecule has 1 atom stereocenters. The Kier molecular flexibility index (Phi) is 3.78. The Morgan fingerprint density at radius 1 is 1.30 bits per heavy atom. The van der Waals surface area contributed by atoms with E-state index >= 15 is 0 Å². The van der Waals surface area contributed by atoms with Crippen LogP contribution < -0.4 is 5.32 Å². The smallest absolute Gasteiger partial charge is 0.165 e. The van der Waals surface area contributed by atoms with Crippen LogP contribution in [0.1, 0.15) is 43.3 Å². The van der Waals surface area contributed by atoms with E-state index in [1.807, 2.05) is 4.68 Å². The third-order valence-corrected chi connectivity index (χ3v) is 3.90. The zero-order valence-electron chi connectivity index (χ0n) is 12.1. The number of hydrogen-bond acceptors (Lipinski definition) is 4. The van der Waals surface area contributed by atoms with Gasteiger partial charge < -0.3 is 5.32 Å². The minimum absolute atomic E-state index is 0.379. The van der Waals surface area contributed by atoms with E-state index in [0.29, 0.717) is 12.1 Å². The molecule has 1 heterocycles. The molecule has 0 bridgehead atoms. The van der Waals surface area contributed by atoms with Crippen LogP contribution in [0, 0.1) is 0 Å². The number of benzene rings is 1. The summed E-state index contributed by atoms with van der Waals surface area (Å²) in [5, 5.41) is 15.6. The van der Waals surface area contributed by atoms with Crippen molar-refractivity contribution < 1.29 is 0 Å². The van der Waals surface area contributed by atoms with E-state index in [1.54, 1.807) is 0 Å². The maximum Gasteiger partial charge on any atom is 0.165 e. The van der Waals surface area contributed by atoms with Gasteiger partial charge in [0.1, 0.15) is 0 Å². The highest BCUT2D eigenvalue weighted by Crippen LogP contribution is 2.28. The predicted octanol–water partition coefficient (Wildman–Crippen LogP) is 1.90. The van der Waals surface area contributed by atoms with Crippen LogP contribution in [0.4, 0.5) is 0 Å². The van der Waals surface area contributed by atoms with E-state index in [9.17, 15) is 0 Å². The van der Waals surface area contributed by atoms with Crippen LogP contribution in [0.25, 0.3) is 0 Å². The summed E-state index contributed by atoms with van der Waals surface area (Å²) in [6, 6.07) is 9.50. The van der Waals surface area contributed by atoms with Gasteiger partial charge in [-0.15, -0.1) is 5.10 Å². The number of aromatic nitrogens is 4. The lowest BCUT2D eigenvalue weighted by Crippen LogP contribution is -2.27. The molecule has 3 rings (SSSR count). The summed E-state index contributed by atoms with van der Waals surface area (Å²) in [6.07, 6.45) is 3.24. The van der Waals surface area contributed by atoms with Crippen molar-refractivity contribution in [3.63, 3.8) is 0 Å². The Morgan fingerprint density at radius 2 is 2.10 bits per heavy atom. The maximum atomic E-state index is 4.21. The van der Waals surface area contributed by atoms with Gasteiger partial charge in [-0.2, -0.15) is 0 Å². The van der Waals surface area contributed by atoms with Gasteiger partial charge in [-0.1, -0.05) is 38.1 Å². The van der Waals surface area contributed by atoms with Crippen molar-refractivity contribution in [1.82, 2.24) is 25.5 Å². The van der Waals surface area contributed by atoms with Crippen LogP contribution in [0.5, 0.6) is 0 Å². The van der Waals surface area contributed by atoms with E-state index in [4.69, 9.17) is 0 Å². The van der Waals surface area contributed by atoms with Gasteiger partial charge in [-0.3, -0.25) is 0 Å². The summed E-state index contributed by atoms with van der Waals surface area (Å²) in [7, 11) is 0. The van der Waals surface area contributed by atoms with Crippen LogP contribution in [0.2, 0.25) is 0 Å². The monoisotopic (exact) mass is 271 g/mol. The molecular formula is C15H21N5. The van der Waals surface area contributed by atoms with Gasteiger partial charge in [0.25, 0.3) is 0 Å². The molecule has 0 saturated carbocycles. The number of aryl methyl sites for hydroxylation is 1. The molecule has 20 heavy (non-hydrogen) atoms. The van der Waals surface area contributed by atoms with E-state index in [-0.39, 0.29) is 0 Å². The van der Waals surface area contributed by atoms with Gasteiger partial charge >= 0.3 is 0 Å². The Hall–Kier alpha value is -1.75. The van der Waals surface area contributed by atoms with Crippen molar-refractivity contribution in [2.75, 3.05) is 0 Å². The summed E-state index contributed by atoms with van der Waals surface area (Å²) < 4.78 is 2.01. The molecule has 2 aromatic rings. The molecule has 1 unspecified atom stereocenters. The van der Waals surface area contributed by atoms with Crippen molar-refractivity contribution in [3.05, 3.63) is 41.2 Å². The first-order valence-corrected chi connectivity index (χ1v) is 7.31. The van der Waals surface area contributed by atoms with Crippen molar-refractivity contribution >= 4 is 0 Å². The van der Waals surface area contributed by atoms with Gasteiger partial charge in [0.05, 0.1) is 12.6 Å². The Morgan fingerprint density at radius 3 is 2.90 bits per heavy atom. The lowest BCUT2D eigenvalue weighted by Gasteiger charge is -2.25. The summed E-state index contributed by atoms with van der Waals surface area (Å²) in [5.41, 5.74) is 2.90. The van der Waals surface area contributed by atoms with Crippen molar-refractivity contribution in [1.29, 1.82) is 0 Å². The molecule has 1 aromatic carbocycles. The van der Waals surface area contributed by atoms with E-state index in [2.05, 4.69) is 59.0 Å². The van der Waals surface area contributed by atoms with Crippen LogP contribution in [0.3, 0.4) is 0 Å². The van der Waals surface area contributed by atoms with Gasteiger partial charge in [-0.05, 0) is 40.8 Å². The Bertz CT molecular complexity index is 575. The lowest BCUT2D eigenvalue weighted by molar-refractivity contribution is 0.378. The van der Waals surface area contributed by atoms with Gasteiger partial charge in [0, 0.05) is 6.04 Å². The van der Waals surface area contributed by atoms with Crippen molar-refractivity contribution in [2.45, 2.75) is 51.7 Å². The number of nitrogens with zero attached hydrogens (tertiary/aromatic N) is 4. The highest BCUT2D eigenvalue weighted by atomic mass is 15.6. The largest absolute Gasteiger partial charge is 0.308 e. The maximum absolute atomic E-state index is 4.21. The topological polar surface area (TPSA) is 55.6 Å². The molecule has 1 aromatic heterocycles. The second-order valence-corrected chi connectivity index (χ2v) is 5.74. The van der Waals surface area contributed by atoms with Crippen LogP contribution >= 0.6 is 0 Å². The SMILES string of the molecule is CC(C)NCc1nnnn1C1CCc2ccccc2C1. The highest BCUT2D eigenvalue weighted by molar-refractivity contribution is 5.30. The molecular weight excluding hydrogens is 250 g/mol. The molecule has 106 valence electrons. The normalized spacial score (nSPS) is 18.2. The number of hydrogen-bond donors (Lipinski definition) is 1. The fourth-order valence-corrected chi connectivity index (χ4v) is 2.80. The Balaban J connectivity index is 1.76. The van der Waals surface area contributed by atoms with E-state index in [0.717, 1.165) is 31.6 Å². The zero-order valence-corrected chi connectivity index (χ0v) is 12.1. The molecule has 1 N–H and O–H groups in total. The molecule has 0 fully saturated rings. The second kappa shape index (κ2) is 5.71. The summed E-state index contributed by atoms with van der Waals surface area (Å²) in [6.45, 7) is 4.98. The molecule has 0 aliphatic heterocycles. The zero-order chi connectivity index (χ0) is 13.9. The fourth-order valence-electron chi connectivity index (χ4n) is 2.80. The quantitative estimate of drug-likeness (QED) is 0.923. The third kappa shape index (κ3) is 2.72. The van der Waals surface area contributed by atoms with Gasteiger partial charge in [-0.25, -0.2) is 4.68 Å². The van der Waals surface area contributed by atoms with E-state index < -0.39 is 0 Å². The minimum Gasteiger partial charge on any atom is -0.308 e. The Labute approximate surface area is 119 Å². The fraction of sp³-hybridized carbons (Fsp3) is 0.533. The molecule has 1 aliphatic rings. The van der Waals surface area contributed by atoms with Crippen LogP contribution in [-0.2, 0) is 19.4 Å². The summed E-state index contributed by atoms with van der Waals surface area (Å²) in [4.78, 5) is 0. The van der Waals surface area contributed by atoms with Crippen LogP contribution in [-0.4, -0.2) is 26.2 Å². The number of rotatable bonds is 4. The summed E-state index contributed by atoms with van der Waals surface area (Å²) in [5.74, 6) is 0.933. The highest BCUT2D eigenvalue weighted by Gasteiger charge is 2.23. The van der Waals surface area contributed by atoms with Gasteiger partial charge in [0.15, 0.2) is 5.82 Å². The second-order valence-electron chi connectivity index (χ2n) is 5.74. The van der Waals surface area contributed by atoms with Gasteiger partial charge in [0.2, 0.25) is 0 Å². The van der Waals surface area contributed by atoms with Crippen molar-refractivity contribution in [3.8, 4) is 0 Å². The van der Waals surface area contributed by atoms with Crippen molar-refractivity contribution in [2.24, 2.45) is 0 Å². The first-order chi connectivity index (χ1) is 9.74. The molecule has 5 nitrogen and oxygen atoms in total. The lowest BCUT2D eigenvalue weighted by atomic mass is 9.88. The molecule has 1 aliphatic carbocycles. The number of tetrazole rings is 1.